The van der Waals surface area contributed by atoms with E-state index in [9.17, 15) is 0 Å². The standard InChI is InChI=1S/C12H19N3.C2H6/c1-3-10(6-13)7-14-8-11-5-12(9-14)15(11)4-2;1-2/h3,11-12H,4-5,7-9H2,1-2H3;1-2H3/b10-3+;. The minimum Gasteiger partial charge on any atom is -0.295 e. The van der Waals surface area contributed by atoms with E-state index in [4.69, 9.17) is 5.26 Å². The fraction of sp³-hybridized carbons (Fsp3) is 0.786. The molecule has 0 aromatic rings. The molecule has 0 amide bonds. The fourth-order valence-corrected chi connectivity index (χ4v) is 2.85. The minimum atomic E-state index is 0.755. The third-order valence-electron chi connectivity index (χ3n) is 3.67. The minimum absolute atomic E-state index is 0.755. The van der Waals surface area contributed by atoms with Crippen molar-refractivity contribution in [2.75, 3.05) is 26.2 Å². The van der Waals surface area contributed by atoms with Gasteiger partial charge in [-0.05, 0) is 19.9 Å². The van der Waals surface area contributed by atoms with Crippen molar-refractivity contribution in [3.8, 4) is 6.07 Å². The van der Waals surface area contributed by atoms with Crippen molar-refractivity contribution in [3.63, 3.8) is 0 Å². The summed E-state index contributed by atoms with van der Waals surface area (Å²) in [6.45, 7) is 12.5. The first kappa shape index (κ1) is 14.2. The lowest BCUT2D eigenvalue weighted by molar-refractivity contribution is -0.0620. The Kier molecular flexibility index (Phi) is 5.67. The highest BCUT2D eigenvalue weighted by molar-refractivity contribution is 5.22. The molecule has 0 saturated carbocycles. The third kappa shape index (κ3) is 3.08. The van der Waals surface area contributed by atoms with Gasteiger partial charge in [-0.25, -0.2) is 0 Å². The molecular weight excluding hydrogens is 210 g/mol. The lowest BCUT2D eigenvalue weighted by Gasteiger charge is -2.56. The molecule has 0 N–H and O–H groups in total. The van der Waals surface area contributed by atoms with E-state index < -0.39 is 0 Å². The van der Waals surface area contributed by atoms with E-state index in [1.165, 1.54) is 13.0 Å². The first-order valence-corrected chi connectivity index (χ1v) is 6.81. The molecular formula is C14H25N3. The highest BCUT2D eigenvalue weighted by atomic mass is 15.3. The third-order valence-corrected chi connectivity index (χ3v) is 3.67. The second kappa shape index (κ2) is 6.78. The maximum Gasteiger partial charge on any atom is 0.0957 e. The largest absolute Gasteiger partial charge is 0.295 e. The van der Waals surface area contributed by atoms with E-state index in [-0.39, 0.29) is 0 Å². The van der Waals surface area contributed by atoms with E-state index in [2.05, 4.69) is 22.8 Å². The molecule has 2 unspecified atom stereocenters. The number of piperidine rings is 1. The predicted molar refractivity (Wildman–Crippen MR) is 71.7 cm³/mol. The second-order valence-electron chi connectivity index (χ2n) is 4.49. The molecule has 3 aliphatic heterocycles. The molecule has 3 rings (SSSR count). The summed E-state index contributed by atoms with van der Waals surface area (Å²) >= 11 is 0. The van der Waals surface area contributed by atoms with Crippen LogP contribution in [0.1, 0.15) is 34.1 Å². The Bertz CT molecular complexity index is 291. The molecule has 2 bridgehead atoms. The second-order valence-corrected chi connectivity index (χ2v) is 4.49. The van der Waals surface area contributed by atoms with Crippen LogP contribution >= 0.6 is 0 Å². The molecule has 0 aromatic heterocycles. The van der Waals surface area contributed by atoms with Crippen molar-refractivity contribution in [2.24, 2.45) is 0 Å². The van der Waals surface area contributed by atoms with Crippen LogP contribution in [-0.4, -0.2) is 48.1 Å². The van der Waals surface area contributed by atoms with Crippen LogP contribution in [0.25, 0.3) is 0 Å². The molecule has 0 radical (unpaired) electrons. The number of hydrogen-bond donors (Lipinski definition) is 0. The van der Waals surface area contributed by atoms with Gasteiger partial charge < -0.3 is 0 Å². The first-order valence-electron chi connectivity index (χ1n) is 6.81. The molecule has 2 atom stereocenters. The topological polar surface area (TPSA) is 30.3 Å². The number of rotatable bonds is 3. The van der Waals surface area contributed by atoms with Crippen molar-refractivity contribution in [1.29, 1.82) is 5.26 Å². The number of likely N-dealkylation sites (N-methyl/N-ethyl adjacent to an activating group) is 1. The zero-order valence-corrected chi connectivity index (χ0v) is 11.6. The average molecular weight is 235 g/mol. The van der Waals surface area contributed by atoms with Crippen molar-refractivity contribution >= 4 is 0 Å². The highest BCUT2D eigenvalue weighted by Gasteiger charge is 2.43. The molecule has 0 spiro atoms. The fourth-order valence-electron chi connectivity index (χ4n) is 2.85. The zero-order chi connectivity index (χ0) is 12.8. The van der Waals surface area contributed by atoms with Gasteiger partial charge in [-0.3, -0.25) is 9.80 Å². The summed E-state index contributed by atoms with van der Waals surface area (Å²) in [6.07, 6.45) is 3.29. The van der Waals surface area contributed by atoms with Crippen LogP contribution in [0.4, 0.5) is 0 Å². The molecule has 96 valence electrons. The first-order chi connectivity index (χ1) is 8.28. The quantitative estimate of drug-likeness (QED) is 0.703. The van der Waals surface area contributed by atoms with Gasteiger partial charge in [0.25, 0.3) is 0 Å². The van der Waals surface area contributed by atoms with Crippen molar-refractivity contribution in [2.45, 2.75) is 46.2 Å². The highest BCUT2D eigenvalue weighted by Crippen LogP contribution is 2.31. The summed E-state index contributed by atoms with van der Waals surface area (Å²) in [4.78, 5) is 5.00. The molecule has 17 heavy (non-hydrogen) atoms. The summed E-state index contributed by atoms with van der Waals surface area (Å²) in [5.41, 5.74) is 0.902. The van der Waals surface area contributed by atoms with Crippen LogP contribution < -0.4 is 0 Å². The SMILES string of the molecule is C/C=C(\C#N)CN1CC2CC(C1)N2CC.CC. The smallest absolute Gasteiger partial charge is 0.0957 e. The molecule has 3 fully saturated rings. The Morgan fingerprint density at radius 2 is 1.94 bits per heavy atom. The van der Waals surface area contributed by atoms with Gasteiger partial charge in [0.1, 0.15) is 0 Å². The number of nitriles is 1. The van der Waals surface area contributed by atoms with Crippen molar-refractivity contribution in [1.82, 2.24) is 9.80 Å². The van der Waals surface area contributed by atoms with Gasteiger partial charge >= 0.3 is 0 Å². The maximum absolute atomic E-state index is 8.88. The molecule has 3 heterocycles. The molecule has 3 heteroatoms. The van der Waals surface area contributed by atoms with Gasteiger partial charge in [0, 0.05) is 37.3 Å². The summed E-state index contributed by atoms with van der Waals surface area (Å²) in [5, 5.41) is 8.88. The van der Waals surface area contributed by atoms with Crippen LogP contribution in [0.2, 0.25) is 0 Å². The van der Waals surface area contributed by atoms with Crippen LogP contribution in [0.5, 0.6) is 0 Å². The van der Waals surface area contributed by atoms with Crippen LogP contribution in [-0.2, 0) is 0 Å². The summed E-state index contributed by atoms with van der Waals surface area (Å²) in [7, 11) is 0. The van der Waals surface area contributed by atoms with E-state index in [1.54, 1.807) is 0 Å². The lowest BCUT2D eigenvalue weighted by Crippen LogP contribution is -2.68. The van der Waals surface area contributed by atoms with Gasteiger partial charge in [-0.1, -0.05) is 26.8 Å². The molecule has 3 aliphatic rings. The molecule has 3 saturated heterocycles. The molecule has 0 aliphatic carbocycles. The summed E-state index contributed by atoms with van der Waals surface area (Å²) < 4.78 is 0. The molecule has 3 nitrogen and oxygen atoms in total. The van der Waals surface area contributed by atoms with Gasteiger partial charge in [-0.15, -0.1) is 0 Å². The lowest BCUT2D eigenvalue weighted by atomic mass is 9.87. The van der Waals surface area contributed by atoms with Crippen molar-refractivity contribution in [3.05, 3.63) is 11.6 Å². The van der Waals surface area contributed by atoms with Crippen LogP contribution in [0, 0.1) is 11.3 Å². The van der Waals surface area contributed by atoms with Gasteiger partial charge in [0.05, 0.1) is 6.07 Å². The summed E-state index contributed by atoms with van der Waals surface area (Å²) in [6, 6.07) is 3.77. The molecule has 0 aromatic carbocycles. The normalized spacial score (nSPS) is 28.8. The number of piperazine rings is 1. The van der Waals surface area contributed by atoms with Gasteiger partial charge in [-0.2, -0.15) is 5.26 Å². The number of fused-ring (bicyclic) bond motifs is 2. The Morgan fingerprint density at radius 1 is 1.35 bits per heavy atom. The van der Waals surface area contributed by atoms with E-state index >= 15 is 0 Å². The van der Waals surface area contributed by atoms with E-state index in [0.29, 0.717) is 0 Å². The van der Waals surface area contributed by atoms with Crippen LogP contribution in [0.15, 0.2) is 11.6 Å². The Labute approximate surface area is 106 Å². The Hall–Kier alpha value is -0.850. The van der Waals surface area contributed by atoms with Gasteiger partial charge in [0.15, 0.2) is 0 Å². The van der Waals surface area contributed by atoms with Crippen LogP contribution in [0.3, 0.4) is 0 Å². The number of nitrogens with zero attached hydrogens (tertiary/aromatic N) is 3. The van der Waals surface area contributed by atoms with E-state index in [0.717, 1.165) is 37.3 Å². The Morgan fingerprint density at radius 3 is 2.35 bits per heavy atom. The Balaban J connectivity index is 0.000000686. The van der Waals surface area contributed by atoms with E-state index in [1.807, 2.05) is 26.8 Å². The number of hydrogen-bond acceptors (Lipinski definition) is 3. The van der Waals surface area contributed by atoms with Gasteiger partial charge in [0.2, 0.25) is 0 Å². The maximum atomic E-state index is 8.88. The average Bonchev–Trinajstić information content (AvgIpc) is 2.39. The number of allylic oxidation sites excluding steroid dienone is 1. The zero-order valence-electron chi connectivity index (χ0n) is 11.6. The predicted octanol–water partition coefficient (Wildman–Crippen LogP) is 2.26. The van der Waals surface area contributed by atoms with Crippen molar-refractivity contribution < 1.29 is 0 Å². The monoisotopic (exact) mass is 235 g/mol. The summed E-state index contributed by atoms with van der Waals surface area (Å²) in [5.74, 6) is 0.